The molecule has 1 fully saturated rings. The summed E-state index contributed by atoms with van der Waals surface area (Å²) in [6, 6.07) is 6.69. The van der Waals surface area contributed by atoms with Crippen LogP contribution < -0.4 is 10.6 Å². The smallest absolute Gasteiger partial charge is 0.220 e. The van der Waals surface area contributed by atoms with Crippen LogP contribution in [0.4, 0.5) is 4.39 Å². The lowest BCUT2D eigenvalue weighted by Gasteiger charge is -2.20. The molecule has 0 bridgehead atoms. The maximum absolute atomic E-state index is 13.4. The predicted octanol–water partition coefficient (Wildman–Crippen LogP) is 2.28. The first-order valence-corrected chi connectivity index (χ1v) is 7.39. The number of nitrogens with one attached hydrogen (secondary N) is 1. The molecule has 1 amide bonds. The third-order valence-electron chi connectivity index (χ3n) is 3.77. The Bertz CT molecular complexity index is 430. The molecule has 1 aliphatic heterocycles. The Balaban J connectivity index is 1.61. The van der Waals surface area contributed by atoms with E-state index >= 15 is 0 Å². The Labute approximate surface area is 120 Å². The average molecular weight is 277 g/mol. The van der Waals surface area contributed by atoms with Crippen LogP contribution in [-0.2, 0) is 11.2 Å². The van der Waals surface area contributed by atoms with E-state index in [0.717, 1.165) is 25.9 Å². The van der Waals surface area contributed by atoms with Crippen LogP contribution in [0.25, 0.3) is 0 Å². The minimum atomic E-state index is -0.203. The van der Waals surface area contributed by atoms with Crippen LogP contribution in [0.15, 0.2) is 24.3 Å². The molecule has 1 unspecified atom stereocenters. The SMILES string of the molecule is O=C(CCC1CCC[N]C1)NCCc1ccccc1F. The van der Waals surface area contributed by atoms with Gasteiger partial charge >= 0.3 is 0 Å². The van der Waals surface area contributed by atoms with Gasteiger partial charge in [0.2, 0.25) is 5.91 Å². The first-order chi connectivity index (χ1) is 9.75. The number of piperidine rings is 1. The van der Waals surface area contributed by atoms with Crippen molar-refractivity contribution in [3.63, 3.8) is 0 Å². The Morgan fingerprint density at radius 2 is 2.25 bits per heavy atom. The summed E-state index contributed by atoms with van der Waals surface area (Å²) in [5.41, 5.74) is 0.652. The number of rotatable bonds is 6. The van der Waals surface area contributed by atoms with E-state index in [-0.39, 0.29) is 11.7 Å². The van der Waals surface area contributed by atoms with Crippen molar-refractivity contribution in [1.82, 2.24) is 10.6 Å². The lowest BCUT2D eigenvalue weighted by Crippen LogP contribution is -2.28. The van der Waals surface area contributed by atoms with Crippen molar-refractivity contribution in [2.75, 3.05) is 19.6 Å². The number of carbonyl (C=O) groups excluding carboxylic acids is 1. The molecule has 4 heteroatoms. The summed E-state index contributed by atoms with van der Waals surface area (Å²) in [5, 5.41) is 7.24. The molecule has 0 aliphatic carbocycles. The van der Waals surface area contributed by atoms with E-state index in [9.17, 15) is 9.18 Å². The summed E-state index contributed by atoms with van der Waals surface area (Å²) in [6.07, 6.45) is 4.34. The van der Waals surface area contributed by atoms with Crippen LogP contribution in [0.2, 0.25) is 0 Å². The fourth-order valence-corrected chi connectivity index (χ4v) is 2.55. The molecule has 0 aromatic heterocycles. The number of benzene rings is 1. The van der Waals surface area contributed by atoms with Gasteiger partial charge in [-0.2, -0.15) is 0 Å². The third-order valence-corrected chi connectivity index (χ3v) is 3.77. The second-order valence-corrected chi connectivity index (χ2v) is 5.37. The van der Waals surface area contributed by atoms with Crippen molar-refractivity contribution in [2.45, 2.75) is 32.1 Å². The van der Waals surface area contributed by atoms with Gasteiger partial charge in [0.25, 0.3) is 0 Å². The van der Waals surface area contributed by atoms with Gasteiger partial charge in [0.15, 0.2) is 0 Å². The molecule has 1 saturated heterocycles. The fourth-order valence-electron chi connectivity index (χ4n) is 2.55. The van der Waals surface area contributed by atoms with Crippen LogP contribution in [0.5, 0.6) is 0 Å². The third kappa shape index (κ3) is 4.93. The van der Waals surface area contributed by atoms with Crippen LogP contribution in [0, 0.1) is 11.7 Å². The van der Waals surface area contributed by atoms with Crippen molar-refractivity contribution >= 4 is 5.91 Å². The minimum Gasteiger partial charge on any atom is -0.356 e. The van der Waals surface area contributed by atoms with Gasteiger partial charge in [-0.15, -0.1) is 0 Å². The second-order valence-electron chi connectivity index (χ2n) is 5.37. The zero-order valence-corrected chi connectivity index (χ0v) is 11.8. The number of amides is 1. The molecular weight excluding hydrogens is 255 g/mol. The predicted molar refractivity (Wildman–Crippen MR) is 76.9 cm³/mol. The largest absolute Gasteiger partial charge is 0.356 e. The summed E-state index contributed by atoms with van der Waals surface area (Å²) in [7, 11) is 0. The van der Waals surface area contributed by atoms with E-state index in [4.69, 9.17) is 0 Å². The molecule has 1 aliphatic rings. The van der Waals surface area contributed by atoms with Gasteiger partial charge < -0.3 is 5.32 Å². The molecule has 3 nitrogen and oxygen atoms in total. The molecule has 1 radical (unpaired) electrons. The first kappa shape index (κ1) is 15.0. The highest BCUT2D eigenvalue weighted by Gasteiger charge is 2.15. The van der Waals surface area contributed by atoms with Crippen molar-refractivity contribution in [3.8, 4) is 0 Å². The topological polar surface area (TPSA) is 43.2 Å². The number of carbonyl (C=O) groups is 1. The fraction of sp³-hybridized carbons (Fsp3) is 0.562. The first-order valence-electron chi connectivity index (χ1n) is 7.39. The van der Waals surface area contributed by atoms with Gasteiger partial charge in [-0.1, -0.05) is 18.2 Å². The molecule has 1 aromatic rings. The Morgan fingerprint density at radius 1 is 1.40 bits per heavy atom. The van der Waals surface area contributed by atoms with E-state index in [0.29, 0.717) is 30.9 Å². The summed E-state index contributed by atoms with van der Waals surface area (Å²) < 4.78 is 13.4. The number of halogens is 1. The van der Waals surface area contributed by atoms with Crippen molar-refractivity contribution in [2.24, 2.45) is 5.92 Å². The molecule has 109 valence electrons. The summed E-state index contributed by atoms with van der Waals surface area (Å²) in [5.74, 6) is 0.429. The van der Waals surface area contributed by atoms with E-state index < -0.39 is 0 Å². The normalized spacial score (nSPS) is 18.8. The summed E-state index contributed by atoms with van der Waals surface area (Å²) in [4.78, 5) is 11.7. The standard InChI is InChI=1S/C16H22FN2O/c17-15-6-2-1-5-14(15)9-11-19-16(20)8-7-13-4-3-10-18-12-13/h1-2,5-6,13H,3-4,7-12H2,(H,19,20). The van der Waals surface area contributed by atoms with Crippen LogP contribution in [0.3, 0.4) is 0 Å². The highest BCUT2D eigenvalue weighted by molar-refractivity contribution is 5.75. The molecule has 0 spiro atoms. The van der Waals surface area contributed by atoms with Gasteiger partial charge in [-0.05, 0) is 43.2 Å². The van der Waals surface area contributed by atoms with Gasteiger partial charge in [0.1, 0.15) is 5.82 Å². The van der Waals surface area contributed by atoms with Gasteiger partial charge in [0.05, 0.1) is 0 Å². The van der Waals surface area contributed by atoms with E-state index in [1.54, 1.807) is 12.1 Å². The van der Waals surface area contributed by atoms with Crippen molar-refractivity contribution in [1.29, 1.82) is 0 Å². The molecule has 1 heterocycles. The quantitative estimate of drug-likeness (QED) is 0.851. The molecular formula is C16H22FN2O. The summed E-state index contributed by atoms with van der Waals surface area (Å²) in [6.45, 7) is 2.38. The van der Waals surface area contributed by atoms with E-state index in [1.165, 1.54) is 12.5 Å². The average Bonchev–Trinajstić information content (AvgIpc) is 2.48. The molecule has 1 N–H and O–H groups in total. The Kier molecular flexibility index (Phi) is 5.99. The zero-order chi connectivity index (χ0) is 14.2. The molecule has 2 rings (SSSR count). The zero-order valence-electron chi connectivity index (χ0n) is 11.8. The maximum Gasteiger partial charge on any atom is 0.220 e. The number of hydrogen-bond acceptors (Lipinski definition) is 1. The Morgan fingerprint density at radius 3 is 3.00 bits per heavy atom. The van der Waals surface area contributed by atoms with Crippen LogP contribution in [-0.4, -0.2) is 25.5 Å². The van der Waals surface area contributed by atoms with E-state index in [1.807, 2.05) is 6.07 Å². The lowest BCUT2D eigenvalue weighted by molar-refractivity contribution is -0.121. The molecule has 20 heavy (non-hydrogen) atoms. The second kappa shape index (κ2) is 8.00. The Hall–Kier alpha value is -1.42. The number of hydrogen-bond donors (Lipinski definition) is 1. The number of nitrogens with zero attached hydrogens (tertiary/aromatic N) is 1. The van der Waals surface area contributed by atoms with Gasteiger partial charge in [-0.3, -0.25) is 4.79 Å². The highest BCUT2D eigenvalue weighted by Crippen LogP contribution is 2.16. The molecule has 1 aromatic carbocycles. The van der Waals surface area contributed by atoms with Gasteiger partial charge in [0, 0.05) is 26.1 Å². The monoisotopic (exact) mass is 277 g/mol. The van der Waals surface area contributed by atoms with Crippen molar-refractivity contribution in [3.05, 3.63) is 35.6 Å². The highest BCUT2D eigenvalue weighted by atomic mass is 19.1. The minimum absolute atomic E-state index is 0.0620. The maximum atomic E-state index is 13.4. The molecule has 0 saturated carbocycles. The lowest BCUT2D eigenvalue weighted by atomic mass is 9.94. The van der Waals surface area contributed by atoms with Crippen LogP contribution in [0.1, 0.15) is 31.2 Å². The van der Waals surface area contributed by atoms with E-state index in [2.05, 4.69) is 10.6 Å². The van der Waals surface area contributed by atoms with Gasteiger partial charge in [-0.25, -0.2) is 9.71 Å². The van der Waals surface area contributed by atoms with Crippen molar-refractivity contribution < 1.29 is 9.18 Å². The summed E-state index contributed by atoms with van der Waals surface area (Å²) >= 11 is 0. The van der Waals surface area contributed by atoms with Crippen LogP contribution >= 0.6 is 0 Å². The molecule has 1 atom stereocenters.